The van der Waals surface area contributed by atoms with Gasteiger partial charge < -0.3 is 14.0 Å². The summed E-state index contributed by atoms with van der Waals surface area (Å²) in [6.07, 6.45) is 5.18. The van der Waals surface area contributed by atoms with Gasteiger partial charge in [-0.2, -0.15) is 0 Å². The number of rotatable bonds is 8. The van der Waals surface area contributed by atoms with Gasteiger partial charge in [0.1, 0.15) is 11.5 Å². The summed E-state index contributed by atoms with van der Waals surface area (Å²) < 4.78 is 14.9. The zero-order valence-electron chi connectivity index (χ0n) is 12.2. The summed E-state index contributed by atoms with van der Waals surface area (Å²) >= 11 is 0. The first-order chi connectivity index (χ1) is 9.74. The Morgan fingerprint density at radius 3 is 2.55 bits per heavy atom. The van der Waals surface area contributed by atoms with Crippen LogP contribution in [0.3, 0.4) is 0 Å². The number of ether oxygens (including phenoxy) is 2. The maximum Gasteiger partial charge on any atom is 0.204 e. The molecule has 0 aromatic carbocycles. The Morgan fingerprint density at radius 2 is 1.95 bits per heavy atom. The normalized spacial score (nSPS) is 11.4. The van der Waals surface area contributed by atoms with E-state index in [-0.39, 0.29) is 0 Å². The Balaban J connectivity index is 1.95. The van der Waals surface area contributed by atoms with Gasteiger partial charge in [-0.1, -0.05) is 5.21 Å². The molecule has 0 saturated heterocycles. The first kappa shape index (κ1) is 14.7. The minimum atomic E-state index is -0.436. The van der Waals surface area contributed by atoms with E-state index in [2.05, 4.69) is 19.9 Å². The Morgan fingerprint density at radius 1 is 1.20 bits per heavy atom. The monoisotopic (exact) mass is 279 g/mol. The van der Waals surface area contributed by atoms with Gasteiger partial charge in [-0.05, 0) is 20.8 Å². The second kappa shape index (κ2) is 7.16. The molecule has 0 N–H and O–H groups in total. The van der Waals surface area contributed by atoms with Gasteiger partial charge >= 0.3 is 0 Å². The zero-order valence-corrected chi connectivity index (χ0v) is 12.2. The van der Waals surface area contributed by atoms with Crippen LogP contribution in [0.25, 0.3) is 0 Å². The summed E-state index contributed by atoms with van der Waals surface area (Å²) in [6, 6.07) is 0. The first-order valence-corrected chi connectivity index (χ1v) is 6.85. The zero-order chi connectivity index (χ0) is 14.4. The molecule has 0 aliphatic heterocycles. The van der Waals surface area contributed by atoms with Gasteiger partial charge in [-0.25, -0.2) is 4.98 Å². The molecular weight excluding hydrogens is 258 g/mol. The molecule has 0 radical (unpaired) electrons. The predicted molar refractivity (Wildman–Crippen MR) is 73.0 cm³/mol. The quantitative estimate of drug-likeness (QED) is 0.686. The van der Waals surface area contributed by atoms with E-state index < -0.39 is 6.29 Å². The molecule has 0 unspecified atom stereocenters. The Kier molecular flexibility index (Phi) is 5.25. The van der Waals surface area contributed by atoms with Gasteiger partial charge in [0.05, 0.1) is 12.7 Å². The largest absolute Gasteiger partial charge is 0.347 e. The van der Waals surface area contributed by atoms with Crippen LogP contribution in [-0.4, -0.2) is 37.8 Å². The summed E-state index contributed by atoms with van der Waals surface area (Å²) in [5, 5.41) is 8.22. The Bertz CT molecular complexity index is 516. The van der Waals surface area contributed by atoms with Crippen molar-refractivity contribution < 1.29 is 9.47 Å². The fourth-order valence-corrected chi connectivity index (χ4v) is 1.90. The fourth-order valence-electron chi connectivity index (χ4n) is 1.90. The lowest BCUT2D eigenvalue weighted by Gasteiger charge is -2.13. The molecule has 0 spiro atoms. The smallest absolute Gasteiger partial charge is 0.204 e. The van der Waals surface area contributed by atoms with Crippen molar-refractivity contribution >= 4 is 0 Å². The number of imidazole rings is 1. The molecule has 7 heteroatoms. The molecule has 0 bridgehead atoms. The standard InChI is InChI=1S/C13H21N5O2/c1-4-19-13(20-5-2)12-10-18(16-15-12)9-8-17-7-6-14-11(17)3/h6-7,10,13H,4-5,8-9H2,1-3H3. The minimum Gasteiger partial charge on any atom is -0.347 e. The van der Waals surface area contributed by atoms with Gasteiger partial charge in [-0.15, -0.1) is 5.10 Å². The van der Waals surface area contributed by atoms with Crippen molar-refractivity contribution in [3.63, 3.8) is 0 Å². The third-order valence-corrected chi connectivity index (χ3v) is 2.93. The van der Waals surface area contributed by atoms with Gasteiger partial charge in [0.25, 0.3) is 0 Å². The van der Waals surface area contributed by atoms with E-state index in [0.717, 1.165) is 18.9 Å². The maximum atomic E-state index is 5.50. The van der Waals surface area contributed by atoms with Crippen molar-refractivity contribution in [1.29, 1.82) is 0 Å². The van der Waals surface area contributed by atoms with Crippen LogP contribution in [0.4, 0.5) is 0 Å². The molecule has 110 valence electrons. The third-order valence-electron chi connectivity index (χ3n) is 2.93. The van der Waals surface area contributed by atoms with Crippen LogP contribution in [0, 0.1) is 6.92 Å². The van der Waals surface area contributed by atoms with Gasteiger partial charge in [0.2, 0.25) is 6.29 Å². The summed E-state index contributed by atoms with van der Waals surface area (Å²) in [6.45, 7) is 8.53. The van der Waals surface area contributed by atoms with Crippen molar-refractivity contribution in [2.75, 3.05) is 13.2 Å². The van der Waals surface area contributed by atoms with Gasteiger partial charge in [-0.3, -0.25) is 4.68 Å². The second-order valence-electron chi connectivity index (χ2n) is 4.32. The van der Waals surface area contributed by atoms with E-state index in [1.807, 2.05) is 33.2 Å². The van der Waals surface area contributed by atoms with Gasteiger partial charge in [0.15, 0.2) is 0 Å². The number of hydrogen-bond donors (Lipinski definition) is 0. The SMILES string of the molecule is CCOC(OCC)c1cn(CCn2ccnc2C)nn1. The Labute approximate surface area is 118 Å². The molecular formula is C13H21N5O2. The summed E-state index contributed by atoms with van der Waals surface area (Å²) in [5.41, 5.74) is 0.705. The highest BCUT2D eigenvalue weighted by Gasteiger charge is 2.15. The molecule has 0 fully saturated rings. The lowest BCUT2D eigenvalue weighted by molar-refractivity contribution is -0.142. The fraction of sp³-hybridized carbons (Fsp3) is 0.615. The van der Waals surface area contributed by atoms with E-state index in [1.54, 1.807) is 10.9 Å². The van der Waals surface area contributed by atoms with Crippen LogP contribution >= 0.6 is 0 Å². The van der Waals surface area contributed by atoms with Crippen LogP contribution in [0.15, 0.2) is 18.6 Å². The molecule has 0 saturated carbocycles. The van der Waals surface area contributed by atoms with E-state index in [1.165, 1.54) is 0 Å². The molecule has 2 aromatic heterocycles. The van der Waals surface area contributed by atoms with Gasteiger partial charge in [0, 0.05) is 32.2 Å². The molecule has 20 heavy (non-hydrogen) atoms. The number of nitrogens with zero attached hydrogens (tertiary/aromatic N) is 5. The van der Waals surface area contributed by atoms with Crippen LogP contribution in [-0.2, 0) is 22.6 Å². The van der Waals surface area contributed by atoms with Crippen LogP contribution < -0.4 is 0 Å². The third kappa shape index (κ3) is 3.64. The molecule has 2 aromatic rings. The highest BCUT2D eigenvalue weighted by Crippen LogP contribution is 2.15. The number of aryl methyl sites for hydroxylation is 3. The van der Waals surface area contributed by atoms with Crippen LogP contribution in [0.1, 0.15) is 31.7 Å². The van der Waals surface area contributed by atoms with Crippen molar-refractivity contribution in [3.8, 4) is 0 Å². The van der Waals surface area contributed by atoms with Crippen LogP contribution in [0.2, 0.25) is 0 Å². The van der Waals surface area contributed by atoms with Crippen LogP contribution in [0.5, 0.6) is 0 Å². The second-order valence-corrected chi connectivity index (χ2v) is 4.32. The molecule has 2 heterocycles. The van der Waals surface area contributed by atoms with Crippen molar-refractivity contribution in [3.05, 3.63) is 30.1 Å². The molecule has 2 rings (SSSR count). The predicted octanol–water partition coefficient (Wildman–Crippen LogP) is 1.55. The van der Waals surface area contributed by atoms with Crippen molar-refractivity contribution in [2.24, 2.45) is 0 Å². The lowest BCUT2D eigenvalue weighted by Crippen LogP contribution is -2.10. The average Bonchev–Trinajstić information content (AvgIpc) is 3.05. The molecule has 7 nitrogen and oxygen atoms in total. The van der Waals surface area contributed by atoms with Crippen molar-refractivity contribution in [1.82, 2.24) is 24.5 Å². The van der Waals surface area contributed by atoms with Crippen molar-refractivity contribution in [2.45, 2.75) is 40.2 Å². The Hall–Kier alpha value is -1.73. The molecule has 0 atom stereocenters. The number of hydrogen-bond acceptors (Lipinski definition) is 5. The molecule has 0 amide bonds. The summed E-state index contributed by atoms with van der Waals surface area (Å²) in [4.78, 5) is 4.19. The van der Waals surface area contributed by atoms with E-state index in [0.29, 0.717) is 18.9 Å². The molecule has 0 aliphatic carbocycles. The van der Waals surface area contributed by atoms with E-state index >= 15 is 0 Å². The molecule has 0 aliphatic rings. The average molecular weight is 279 g/mol. The minimum absolute atomic E-state index is 0.436. The highest BCUT2D eigenvalue weighted by atomic mass is 16.7. The topological polar surface area (TPSA) is 67.0 Å². The lowest BCUT2D eigenvalue weighted by atomic mass is 10.4. The summed E-state index contributed by atoms with van der Waals surface area (Å²) in [7, 11) is 0. The first-order valence-electron chi connectivity index (χ1n) is 6.85. The summed E-state index contributed by atoms with van der Waals surface area (Å²) in [5.74, 6) is 0.992. The van der Waals surface area contributed by atoms with E-state index in [4.69, 9.17) is 9.47 Å². The maximum absolute atomic E-state index is 5.50. The number of aromatic nitrogens is 5. The highest BCUT2D eigenvalue weighted by molar-refractivity contribution is 4.95. The van der Waals surface area contributed by atoms with E-state index in [9.17, 15) is 0 Å².